The second-order valence-corrected chi connectivity index (χ2v) is 11.9. The maximum Gasteiger partial charge on any atom is 0.0329 e. The molecule has 0 amide bonds. The predicted octanol–water partition coefficient (Wildman–Crippen LogP) is 8.92. The molecule has 0 heterocycles. The maximum absolute atomic E-state index is 4.29. The molecule has 0 N–H and O–H groups in total. The fraction of sp³-hybridized carbons (Fsp3) is 0.273. The third-order valence-corrected chi connectivity index (χ3v) is 9.03. The van der Waals surface area contributed by atoms with Gasteiger partial charge in [0.2, 0.25) is 0 Å². The van der Waals surface area contributed by atoms with Crippen LogP contribution < -0.4 is 0 Å². The molecule has 0 aromatic heterocycles. The Balaban J connectivity index is 1.76. The van der Waals surface area contributed by atoms with Crippen molar-refractivity contribution in [2.75, 3.05) is 0 Å². The van der Waals surface area contributed by atoms with E-state index in [9.17, 15) is 0 Å². The normalized spacial score (nSPS) is 13.2. The molecular formula is C22H24Br2S3. The van der Waals surface area contributed by atoms with Crippen LogP contribution in [-0.4, -0.2) is 10.5 Å². The van der Waals surface area contributed by atoms with Crippen LogP contribution in [-0.2, 0) is 11.5 Å². The topological polar surface area (TPSA) is 0 Å². The van der Waals surface area contributed by atoms with E-state index in [2.05, 4.69) is 107 Å². The Labute approximate surface area is 193 Å². The second-order valence-electron chi connectivity index (χ2n) is 6.20. The zero-order chi connectivity index (χ0) is 19.8. The minimum absolute atomic E-state index is 0.382. The van der Waals surface area contributed by atoms with Gasteiger partial charge in [-0.25, -0.2) is 0 Å². The van der Waals surface area contributed by atoms with E-state index in [0.29, 0.717) is 10.5 Å². The lowest BCUT2D eigenvalue weighted by atomic mass is 10.2. The van der Waals surface area contributed by atoms with Crippen molar-refractivity contribution in [1.29, 1.82) is 0 Å². The molecule has 2 rings (SSSR count). The van der Waals surface area contributed by atoms with Gasteiger partial charge in [0.25, 0.3) is 0 Å². The van der Waals surface area contributed by atoms with Crippen molar-refractivity contribution >= 4 is 67.1 Å². The monoisotopic (exact) mass is 542 g/mol. The van der Waals surface area contributed by atoms with Crippen LogP contribution in [0.15, 0.2) is 80.4 Å². The number of thioether (sulfide) groups is 3. The molecule has 0 bridgehead atoms. The highest BCUT2D eigenvalue weighted by Crippen LogP contribution is 2.38. The molecule has 2 atom stereocenters. The minimum atomic E-state index is 0.382. The molecule has 0 aliphatic carbocycles. The first kappa shape index (κ1) is 23.2. The highest BCUT2D eigenvalue weighted by molar-refractivity contribution is 9.10. The van der Waals surface area contributed by atoms with Crippen molar-refractivity contribution in [1.82, 2.24) is 0 Å². The average molecular weight is 544 g/mol. The lowest BCUT2D eigenvalue weighted by Gasteiger charge is -2.19. The molecule has 0 aliphatic rings. The summed E-state index contributed by atoms with van der Waals surface area (Å²) in [5.74, 6) is 1.97. The zero-order valence-electron chi connectivity index (χ0n) is 15.6. The quantitative estimate of drug-likeness (QED) is 0.293. The summed E-state index contributed by atoms with van der Waals surface area (Å²) in [7, 11) is 0. The lowest BCUT2D eigenvalue weighted by molar-refractivity contribution is 1.20. The van der Waals surface area contributed by atoms with Gasteiger partial charge < -0.3 is 0 Å². The highest BCUT2D eigenvalue weighted by atomic mass is 79.9. The second kappa shape index (κ2) is 11.8. The summed E-state index contributed by atoms with van der Waals surface area (Å²) >= 11 is 12.6. The molecule has 5 heteroatoms. The van der Waals surface area contributed by atoms with E-state index in [-0.39, 0.29) is 0 Å². The Bertz CT molecular complexity index is 723. The smallest absolute Gasteiger partial charge is 0.0329 e. The Hall–Kier alpha value is -0.0700. The van der Waals surface area contributed by atoms with Gasteiger partial charge in [-0.3, -0.25) is 0 Å². The molecule has 0 radical (unpaired) electrons. The molecule has 144 valence electrons. The van der Waals surface area contributed by atoms with Gasteiger partial charge in [-0.05, 0) is 59.1 Å². The fourth-order valence-electron chi connectivity index (χ4n) is 2.22. The number of hydrogen-bond donors (Lipinski definition) is 0. The molecule has 2 unspecified atom stereocenters. The van der Waals surface area contributed by atoms with Crippen LogP contribution in [0.25, 0.3) is 0 Å². The Morgan fingerprint density at radius 1 is 0.815 bits per heavy atom. The third-order valence-electron chi connectivity index (χ3n) is 3.95. The van der Waals surface area contributed by atoms with Crippen LogP contribution >= 0.6 is 67.1 Å². The maximum atomic E-state index is 4.29. The minimum Gasteiger partial charge on any atom is -0.149 e. The van der Waals surface area contributed by atoms with E-state index in [1.54, 1.807) is 11.8 Å². The fourth-order valence-corrected chi connectivity index (χ4v) is 6.09. The van der Waals surface area contributed by atoms with Gasteiger partial charge in [0.05, 0.1) is 0 Å². The molecule has 27 heavy (non-hydrogen) atoms. The first-order valence-corrected chi connectivity index (χ1v) is 13.1. The predicted molar refractivity (Wildman–Crippen MR) is 136 cm³/mol. The van der Waals surface area contributed by atoms with Crippen LogP contribution in [0.2, 0.25) is 0 Å². The summed E-state index contributed by atoms with van der Waals surface area (Å²) in [6.45, 7) is 13.0. The number of hydrogen-bond acceptors (Lipinski definition) is 3. The number of benzene rings is 2. The van der Waals surface area contributed by atoms with Gasteiger partial charge in [-0.1, -0.05) is 81.0 Å². The first-order chi connectivity index (χ1) is 12.8. The summed E-state index contributed by atoms with van der Waals surface area (Å²) in [4.78, 5) is 2.35. The molecule has 2 aromatic carbocycles. The zero-order valence-corrected chi connectivity index (χ0v) is 21.2. The Kier molecular flexibility index (Phi) is 10.2. The summed E-state index contributed by atoms with van der Waals surface area (Å²) in [6, 6.07) is 17.0. The summed E-state index contributed by atoms with van der Waals surface area (Å²) < 4.78 is 2.26. The Morgan fingerprint density at radius 3 is 1.59 bits per heavy atom. The number of halogens is 2. The van der Waals surface area contributed by atoms with Crippen molar-refractivity contribution in [2.24, 2.45) is 0 Å². The van der Waals surface area contributed by atoms with E-state index >= 15 is 0 Å². The van der Waals surface area contributed by atoms with E-state index in [0.717, 1.165) is 20.5 Å². The van der Waals surface area contributed by atoms with Gasteiger partial charge in [-0.15, -0.1) is 23.5 Å². The molecule has 0 saturated carbocycles. The van der Waals surface area contributed by atoms with Gasteiger partial charge in [0, 0.05) is 31.0 Å². The van der Waals surface area contributed by atoms with E-state index < -0.39 is 0 Å². The third kappa shape index (κ3) is 8.45. The SMILES string of the molecule is C=C(SC(=C)C(C)SCc1cccc(Br)c1)C(C)SCc1cccc(Br)c1. The van der Waals surface area contributed by atoms with Crippen LogP contribution in [0.4, 0.5) is 0 Å². The average Bonchev–Trinajstić information content (AvgIpc) is 2.64. The molecule has 0 aliphatic heterocycles. The summed E-state index contributed by atoms with van der Waals surface area (Å²) in [5, 5.41) is 0.765. The van der Waals surface area contributed by atoms with Crippen molar-refractivity contribution in [3.63, 3.8) is 0 Å². The first-order valence-electron chi connectivity index (χ1n) is 8.62. The summed E-state index contributed by atoms with van der Waals surface area (Å²) in [6.07, 6.45) is 0. The van der Waals surface area contributed by atoms with Crippen molar-refractivity contribution in [3.05, 3.63) is 91.6 Å². The molecule has 2 aromatic rings. The summed E-state index contributed by atoms with van der Waals surface area (Å²) in [5.41, 5.74) is 2.66. The highest BCUT2D eigenvalue weighted by Gasteiger charge is 2.14. The van der Waals surface area contributed by atoms with Crippen LogP contribution in [0.5, 0.6) is 0 Å². The molecular weight excluding hydrogens is 520 g/mol. The van der Waals surface area contributed by atoms with Crippen molar-refractivity contribution in [3.8, 4) is 0 Å². The van der Waals surface area contributed by atoms with Crippen LogP contribution in [0, 0.1) is 0 Å². The van der Waals surface area contributed by atoms with Gasteiger partial charge in [0.15, 0.2) is 0 Å². The van der Waals surface area contributed by atoms with Gasteiger partial charge in [0.1, 0.15) is 0 Å². The van der Waals surface area contributed by atoms with Crippen molar-refractivity contribution < 1.29 is 0 Å². The Morgan fingerprint density at radius 2 is 1.22 bits per heavy atom. The lowest BCUT2D eigenvalue weighted by Crippen LogP contribution is -2.03. The largest absolute Gasteiger partial charge is 0.149 e. The van der Waals surface area contributed by atoms with Crippen LogP contribution in [0.3, 0.4) is 0 Å². The van der Waals surface area contributed by atoms with E-state index in [1.807, 2.05) is 23.5 Å². The molecule has 0 spiro atoms. The van der Waals surface area contributed by atoms with Gasteiger partial charge in [-0.2, -0.15) is 0 Å². The molecule has 0 fully saturated rings. The standard InChI is InChI=1S/C22H24Br2S3/c1-15(25-13-19-7-5-9-21(23)11-19)17(3)27-18(4)16(2)26-14-20-8-6-10-22(24)12-20/h5-12,15-16H,3-4,13-14H2,1-2H3. The van der Waals surface area contributed by atoms with Crippen molar-refractivity contribution in [2.45, 2.75) is 35.9 Å². The van der Waals surface area contributed by atoms with Crippen LogP contribution in [0.1, 0.15) is 25.0 Å². The molecule has 0 saturated heterocycles. The van der Waals surface area contributed by atoms with Gasteiger partial charge >= 0.3 is 0 Å². The van der Waals surface area contributed by atoms with E-state index in [1.165, 1.54) is 20.9 Å². The number of rotatable bonds is 10. The molecule has 0 nitrogen and oxygen atoms in total. The van der Waals surface area contributed by atoms with E-state index in [4.69, 9.17) is 0 Å².